The normalized spacial score (nSPS) is 9.33. The molecule has 0 spiro atoms. The van der Waals surface area contributed by atoms with Crippen molar-refractivity contribution in [1.82, 2.24) is 10.5 Å². The molecule has 1 N–H and O–H groups in total. The maximum Gasteiger partial charge on any atom is 0.140 e. The molecule has 1 heterocycles. The first-order valence-electron chi connectivity index (χ1n) is 3.47. The summed E-state index contributed by atoms with van der Waals surface area (Å²) < 4.78 is 0. The Hall–Kier alpha value is -1.44. The van der Waals surface area contributed by atoms with Gasteiger partial charge in [0.25, 0.3) is 0 Å². The van der Waals surface area contributed by atoms with Gasteiger partial charge >= 0.3 is 0 Å². The molecular formula is C8H9N3O. The van der Waals surface area contributed by atoms with Gasteiger partial charge in [-0.05, 0) is 17.7 Å². The first kappa shape index (κ1) is 8.65. The molecule has 0 saturated heterocycles. The number of hydrogen-bond donors (Lipinski definition) is 1. The second-order valence-corrected chi connectivity index (χ2v) is 2.19. The summed E-state index contributed by atoms with van der Waals surface area (Å²) in [4.78, 5) is 8.50. The summed E-state index contributed by atoms with van der Waals surface area (Å²) in [6.45, 7) is 0.577. The third kappa shape index (κ3) is 2.31. The van der Waals surface area contributed by atoms with Crippen molar-refractivity contribution in [2.45, 2.75) is 6.54 Å². The lowest BCUT2D eigenvalue weighted by Gasteiger charge is -2.00. The predicted octanol–water partition coefficient (Wildman–Crippen LogP) is 0.604. The summed E-state index contributed by atoms with van der Waals surface area (Å²) in [5.74, 6) is 0. The van der Waals surface area contributed by atoms with E-state index in [4.69, 9.17) is 5.26 Å². The van der Waals surface area contributed by atoms with Gasteiger partial charge in [-0.2, -0.15) is 10.7 Å². The van der Waals surface area contributed by atoms with Gasteiger partial charge in [-0.25, -0.2) is 4.98 Å². The van der Waals surface area contributed by atoms with Crippen molar-refractivity contribution in [2.75, 3.05) is 7.11 Å². The fraction of sp³-hybridized carbons (Fsp3) is 0.250. The third-order valence-electron chi connectivity index (χ3n) is 1.36. The molecule has 1 aromatic heterocycles. The molecule has 4 nitrogen and oxygen atoms in total. The lowest BCUT2D eigenvalue weighted by molar-refractivity contribution is 0.0867. The van der Waals surface area contributed by atoms with E-state index in [1.54, 1.807) is 19.4 Å². The van der Waals surface area contributed by atoms with Crippen LogP contribution in [0.1, 0.15) is 11.3 Å². The molecule has 0 aromatic carbocycles. The zero-order valence-electron chi connectivity index (χ0n) is 6.74. The molecular weight excluding hydrogens is 154 g/mol. The summed E-state index contributed by atoms with van der Waals surface area (Å²) >= 11 is 0. The molecule has 0 aliphatic carbocycles. The van der Waals surface area contributed by atoms with Crippen molar-refractivity contribution in [2.24, 2.45) is 0 Å². The lowest BCUT2D eigenvalue weighted by atomic mass is 10.2. The Morgan fingerprint density at radius 1 is 1.75 bits per heavy atom. The van der Waals surface area contributed by atoms with Crippen molar-refractivity contribution < 1.29 is 4.84 Å². The summed E-state index contributed by atoms with van der Waals surface area (Å²) in [6.07, 6.45) is 1.60. The van der Waals surface area contributed by atoms with E-state index in [2.05, 4.69) is 15.3 Å². The second kappa shape index (κ2) is 4.44. The highest BCUT2D eigenvalue weighted by molar-refractivity contribution is 5.25. The Morgan fingerprint density at radius 2 is 2.58 bits per heavy atom. The summed E-state index contributed by atoms with van der Waals surface area (Å²) in [5, 5.41) is 8.52. The molecule has 0 atom stereocenters. The van der Waals surface area contributed by atoms with Gasteiger partial charge in [-0.1, -0.05) is 0 Å². The van der Waals surface area contributed by atoms with Crippen LogP contribution in [0.2, 0.25) is 0 Å². The summed E-state index contributed by atoms with van der Waals surface area (Å²) in [5.41, 5.74) is 4.08. The zero-order chi connectivity index (χ0) is 8.81. The van der Waals surface area contributed by atoms with E-state index in [-0.39, 0.29) is 0 Å². The largest absolute Gasteiger partial charge is 0.305 e. The van der Waals surface area contributed by atoms with Crippen LogP contribution in [0.4, 0.5) is 0 Å². The van der Waals surface area contributed by atoms with E-state index in [9.17, 15) is 0 Å². The Morgan fingerprint density at radius 3 is 3.25 bits per heavy atom. The minimum Gasteiger partial charge on any atom is -0.305 e. The molecule has 0 radical (unpaired) electrons. The van der Waals surface area contributed by atoms with E-state index < -0.39 is 0 Å². The number of pyridine rings is 1. The number of nitrogens with one attached hydrogen (secondary N) is 1. The van der Waals surface area contributed by atoms with Crippen LogP contribution in [0, 0.1) is 11.3 Å². The first-order chi connectivity index (χ1) is 5.86. The molecule has 4 heteroatoms. The number of nitriles is 1. The molecule has 0 fully saturated rings. The van der Waals surface area contributed by atoms with Gasteiger partial charge in [0, 0.05) is 12.7 Å². The van der Waals surface area contributed by atoms with Gasteiger partial charge in [0.2, 0.25) is 0 Å². The second-order valence-electron chi connectivity index (χ2n) is 2.19. The first-order valence-corrected chi connectivity index (χ1v) is 3.47. The molecule has 1 rings (SSSR count). The van der Waals surface area contributed by atoms with E-state index in [0.717, 1.165) is 5.56 Å². The number of hydrogen-bond acceptors (Lipinski definition) is 4. The minimum atomic E-state index is 0.422. The van der Waals surface area contributed by atoms with E-state index in [1.165, 1.54) is 0 Å². The van der Waals surface area contributed by atoms with Crippen LogP contribution >= 0.6 is 0 Å². The van der Waals surface area contributed by atoms with Crippen LogP contribution in [0.25, 0.3) is 0 Å². The molecule has 0 aliphatic heterocycles. The quantitative estimate of drug-likeness (QED) is 0.663. The maximum atomic E-state index is 8.52. The van der Waals surface area contributed by atoms with Crippen LogP contribution in [0.15, 0.2) is 18.3 Å². The minimum absolute atomic E-state index is 0.422. The summed E-state index contributed by atoms with van der Waals surface area (Å²) in [7, 11) is 1.55. The van der Waals surface area contributed by atoms with Crippen LogP contribution in [-0.4, -0.2) is 12.1 Å². The lowest BCUT2D eigenvalue weighted by Crippen LogP contribution is -2.10. The highest BCUT2D eigenvalue weighted by atomic mass is 16.6. The van der Waals surface area contributed by atoms with Gasteiger partial charge < -0.3 is 4.84 Å². The average Bonchev–Trinajstić information content (AvgIpc) is 2.15. The predicted molar refractivity (Wildman–Crippen MR) is 42.8 cm³/mol. The van der Waals surface area contributed by atoms with Crippen LogP contribution in [-0.2, 0) is 11.4 Å². The van der Waals surface area contributed by atoms with E-state index >= 15 is 0 Å². The molecule has 0 unspecified atom stereocenters. The Labute approximate surface area is 70.8 Å². The fourth-order valence-corrected chi connectivity index (χ4v) is 0.801. The van der Waals surface area contributed by atoms with Gasteiger partial charge in [0.05, 0.1) is 7.11 Å². The molecule has 0 saturated carbocycles. The number of hydroxylamine groups is 1. The van der Waals surface area contributed by atoms with Crippen LogP contribution in [0.3, 0.4) is 0 Å². The fourth-order valence-electron chi connectivity index (χ4n) is 0.801. The number of rotatable bonds is 3. The zero-order valence-corrected chi connectivity index (χ0v) is 6.74. The average molecular weight is 163 g/mol. The van der Waals surface area contributed by atoms with Gasteiger partial charge in [0.1, 0.15) is 11.8 Å². The molecule has 12 heavy (non-hydrogen) atoms. The highest BCUT2D eigenvalue weighted by Gasteiger charge is 1.94. The van der Waals surface area contributed by atoms with Crippen molar-refractivity contribution >= 4 is 0 Å². The topological polar surface area (TPSA) is 57.9 Å². The van der Waals surface area contributed by atoms with Crippen molar-refractivity contribution in [1.29, 1.82) is 5.26 Å². The monoisotopic (exact) mass is 163 g/mol. The molecule has 0 bridgehead atoms. The van der Waals surface area contributed by atoms with Gasteiger partial charge in [-0.3, -0.25) is 0 Å². The van der Waals surface area contributed by atoms with Crippen molar-refractivity contribution in [3.8, 4) is 6.07 Å². The molecule has 0 aliphatic rings. The summed E-state index contributed by atoms with van der Waals surface area (Å²) in [6, 6.07) is 5.50. The standard InChI is InChI=1S/C8H9N3O/c1-12-11-6-7-2-3-10-8(4-7)5-9/h2-4,11H,6H2,1H3. The number of nitrogens with zero attached hydrogens (tertiary/aromatic N) is 2. The molecule has 0 amide bonds. The van der Waals surface area contributed by atoms with Crippen LogP contribution < -0.4 is 5.48 Å². The highest BCUT2D eigenvalue weighted by Crippen LogP contribution is 1.99. The Bertz CT molecular complexity index is 293. The SMILES string of the molecule is CONCc1ccnc(C#N)c1. The Balaban J connectivity index is 2.68. The number of aromatic nitrogens is 1. The molecule has 1 aromatic rings. The van der Waals surface area contributed by atoms with Crippen molar-refractivity contribution in [3.63, 3.8) is 0 Å². The van der Waals surface area contributed by atoms with E-state index in [1.807, 2.05) is 12.1 Å². The smallest absolute Gasteiger partial charge is 0.140 e. The molecule has 62 valence electrons. The van der Waals surface area contributed by atoms with Gasteiger partial charge in [-0.15, -0.1) is 0 Å². The van der Waals surface area contributed by atoms with Crippen molar-refractivity contribution in [3.05, 3.63) is 29.6 Å². The van der Waals surface area contributed by atoms with Crippen LogP contribution in [0.5, 0.6) is 0 Å². The van der Waals surface area contributed by atoms with Gasteiger partial charge in [0.15, 0.2) is 0 Å². The Kier molecular flexibility index (Phi) is 3.20. The third-order valence-corrected chi connectivity index (χ3v) is 1.36. The van der Waals surface area contributed by atoms with E-state index in [0.29, 0.717) is 12.2 Å². The maximum absolute atomic E-state index is 8.52.